The minimum Gasteiger partial charge on any atom is -0.239 e. The maximum Gasteiger partial charge on any atom is 0.125 e. The van der Waals surface area contributed by atoms with Crippen molar-refractivity contribution in [3.63, 3.8) is 0 Å². The van der Waals surface area contributed by atoms with Gasteiger partial charge >= 0.3 is 0 Å². The summed E-state index contributed by atoms with van der Waals surface area (Å²) in [5.74, 6) is 1.16. The fourth-order valence-corrected chi connectivity index (χ4v) is 1.13. The highest BCUT2D eigenvalue weighted by Crippen LogP contribution is 2.03. The zero-order valence-electron chi connectivity index (χ0n) is 4.11. The maximum absolute atomic E-state index is 10.5. The summed E-state index contributed by atoms with van der Waals surface area (Å²) in [5.41, 5.74) is 0. The van der Waals surface area contributed by atoms with E-state index in [0.717, 1.165) is 11.2 Å². The summed E-state index contributed by atoms with van der Waals surface area (Å²) < 4.78 is 20.9. The van der Waals surface area contributed by atoms with E-state index in [0.29, 0.717) is 0 Å². The number of hydrogen-bond acceptors (Lipinski definition) is 2. The van der Waals surface area contributed by atoms with E-state index < -0.39 is 9.84 Å². The first-order valence-corrected chi connectivity index (χ1v) is 3.75. The molecule has 0 amide bonds. The van der Waals surface area contributed by atoms with Crippen LogP contribution in [0.4, 0.5) is 0 Å². The van der Waals surface area contributed by atoms with E-state index in [2.05, 4.69) is 0 Å². The predicted molar refractivity (Wildman–Crippen MR) is 31.5 cm³/mol. The summed E-state index contributed by atoms with van der Waals surface area (Å²) in [6.07, 6.45) is 4.66. The van der Waals surface area contributed by atoms with E-state index >= 15 is 0 Å². The lowest BCUT2D eigenvalue weighted by Crippen LogP contribution is -1.94. The molecule has 0 aromatic heterocycles. The molecule has 0 saturated carbocycles. The van der Waals surface area contributed by atoms with Crippen molar-refractivity contribution < 1.29 is 8.42 Å². The van der Waals surface area contributed by atoms with Crippen molar-refractivity contribution in [2.75, 3.05) is 0 Å². The van der Waals surface area contributed by atoms with Crippen LogP contribution < -0.4 is 0 Å². The largest absolute Gasteiger partial charge is 0.239 e. The van der Waals surface area contributed by atoms with E-state index in [1.54, 1.807) is 6.08 Å². The molecule has 1 aliphatic heterocycles. The normalized spacial score (nSPS) is 22.5. The molecule has 1 aliphatic rings. The third kappa shape index (κ3) is 1.13. The first-order chi connectivity index (χ1) is 3.71. The van der Waals surface area contributed by atoms with Crippen molar-refractivity contribution in [2.24, 2.45) is 0 Å². The third-order valence-corrected chi connectivity index (χ3v) is 1.83. The Kier molecular flexibility index (Phi) is 1.13. The average Bonchev–Trinajstić information content (AvgIpc) is 1.65. The number of sulfone groups is 1. The Bertz CT molecular complexity index is 221. The second-order valence-corrected chi connectivity index (χ2v) is 3.16. The molecule has 0 fully saturated rings. The van der Waals surface area contributed by atoms with Crippen LogP contribution >= 0.6 is 0 Å². The monoisotopic (exact) mass is 129 g/mol. The first kappa shape index (κ1) is 5.44. The lowest BCUT2D eigenvalue weighted by Gasteiger charge is -2.03. The molecule has 0 bridgehead atoms. The minimum atomic E-state index is -2.98. The van der Waals surface area contributed by atoms with Gasteiger partial charge in [0.2, 0.25) is 0 Å². The molecule has 0 aliphatic carbocycles. The zero-order valence-corrected chi connectivity index (χ0v) is 4.93. The van der Waals surface area contributed by atoms with Crippen molar-refractivity contribution in [2.45, 2.75) is 0 Å². The van der Waals surface area contributed by atoms with Crippen LogP contribution in [0, 0.1) is 5.75 Å². The molecule has 0 spiro atoms. The minimum absolute atomic E-state index is 1.16. The highest BCUT2D eigenvalue weighted by molar-refractivity contribution is 7.96. The Hall–Kier alpha value is -0.700. The van der Waals surface area contributed by atoms with Gasteiger partial charge in [0.15, 0.2) is 0 Å². The van der Waals surface area contributed by atoms with Gasteiger partial charge < -0.3 is 0 Å². The molecule has 0 atom stereocenters. The van der Waals surface area contributed by atoms with Crippen LogP contribution in [0.15, 0.2) is 23.6 Å². The molecule has 3 heteroatoms. The SMILES string of the molecule is O=S1(=O)C=CC=C[CH-]1. The van der Waals surface area contributed by atoms with Crippen molar-refractivity contribution in [3.05, 3.63) is 29.4 Å². The second-order valence-electron chi connectivity index (χ2n) is 1.44. The van der Waals surface area contributed by atoms with E-state index in [-0.39, 0.29) is 0 Å². The van der Waals surface area contributed by atoms with Gasteiger partial charge in [-0.1, -0.05) is 0 Å². The van der Waals surface area contributed by atoms with Crippen molar-refractivity contribution in [3.8, 4) is 0 Å². The van der Waals surface area contributed by atoms with E-state index in [4.69, 9.17) is 0 Å². The topological polar surface area (TPSA) is 34.1 Å². The Morgan fingerprint density at radius 2 is 2.00 bits per heavy atom. The van der Waals surface area contributed by atoms with Crippen LogP contribution in [0.5, 0.6) is 0 Å². The summed E-state index contributed by atoms with van der Waals surface area (Å²) in [6.45, 7) is 0. The fourth-order valence-electron chi connectivity index (χ4n) is 0.419. The van der Waals surface area contributed by atoms with E-state index in [1.807, 2.05) is 0 Å². The van der Waals surface area contributed by atoms with Crippen LogP contribution in [0.25, 0.3) is 0 Å². The molecule has 2 nitrogen and oxygen atoms in total. The van der Waals surface area contributed by atoms with Gasteiger partial charge in [0.1, 0.15) is 9.84 Å². The smallest absolute Gasteiger partial charge is 0.125 e. The number of hydrogen-bond donors (Lipinski definition) is 0. The maximum atomic E-state index is 10.5. The second kappa shape index (κ2) is 1.67. The molecule has 0 aromatic rings. The zero-order chi connectivity index (χ0) is 6.04. The first-order valence-electron chi connectivity index (χ1n) is 2.14. The summed E-state index contributed by atoms with van der Waals surface area (Å²) >= 11 is 0. The van der Waals surface area contributed by atoms with Gasteiger partial charge in [-0.3, -0.25) is 0 Å². The van der Waals surface area contributed by atoms with Gasteiger partial charge in [-0.25, -0.2) is 20.6 Å². The Morgan fingerprint density at radius 3 is 2.25 bits per heavy atom. The fraction of sp³-hybridized carbons (Fsp3) is 0. The van der Waals surface area contributed by atoms with Crippen molar-refractivity contribution in [1.29, 1.82) is 0 Å². The van der Waals surface area contributed by atoms with Crippen LogP contribution in [0.2, 0.25) is 0 Å². The van der Waals surface area contributed by atoms with Gasteiger partial charge in [-0.05, 0) is 5.41 Å². The van der Waals surface area contributed by atoms with Gasteiger partial charge in [0.05, 0.1) is 0 Å². The van der Waals surface area contributed by atoms with Crippen LogP contribution in [0.3, 0.4) is 0 Å². The Labute approximate surface area is 48.4 Å². The van der Waals surface area contributed by atoms with Crippen LogP contribution in [-0.2, 0) is 9.84 Å². The molecule has 44 valence electrons. The van der Waals surface area contributed by atoms with Gasteiger partial charge in [0, 0.05) is 0 Å². The summed E-state index contributed by atoms with van der Waals surface area (Å²) in [7, 11) is -2.98. The average molecular weight is 129 g/mol. The summed E-state index contributed by atoms with van der Waals surface area (Å²) in [4.78, 5) is 0. The molecule has 8 heavy (non-hydrogen) atoms. The van der Waals surface area contributed by atoms with Crippen LogP contribution in [0.1, 0.15) is 0 Å². The summed E-state index contributed by atoms with van der Waals surface area (Å²) in [6, 6.07) is 0. The highest BCUT2D eigenvalue weighted by atomic mass is 32.2. The molecule has 1 rings (SSSR count). The van der Waals surface area contributed by atoms with Crippen molar-refractivity contribution in [1.82, 2.24) is 0 Å². The molecule has 0 radical (unpaired) electrons. The molecule has 0 N–H and O–H groups in total. The Balaban J connectivity index is 2.98. The van der Waals surface area contributed by atoms with Crippen molar-refractivity contribution >= 4 is 9.84 Å². The number of rotatable bonds is 0. The Morgan fingerprint density at radius 1 is 1.25 bits per heavy atom. The lowest BCUT2D eigenvalue weighted by atomic mass is 10.5. The summed E-state index contributed by atoms with van der Waals surface area (Å²) in [5, 5.41) is 1.16. The molecular formula is C5H5O2S-. The van der Waals surface area contributed by atoms with Gasteiger partial charge in [0.25, 0.3) is 0 Å². The molecule has 0 aromatic carbocycles. The van der Waals surface area contributed by atoms with E-state index in [9.17, 15) is 8.42 Å². The molecule has 0 saturated heterocycles. The molecule has 1 heterocycles. The standard InChI is InChI=1S/C5H5O2S/c6-8(7)4-2-1-3-5-8/h1-5H/q-1. The molecule has 0 unspecified atom stereocenters. The van der Waals surface area contributed by atoms with Gasteiger partial charge in [-0.2, -0.15) is 0 Å². The molecular weight excluding hydrogens is 124 g/mol. The number of allylic oxidation sites excluding steroid dienone is 2. The third-order valence-electron chi connectivity index (χ3n) is 0.759. The highest BCUT2D eigenvalue weighted by Gasteiger charge is 1.94. The predicted octanol–water partition coefficient (Wildman–Crippen LogP) is 0.646. The lowest BCUT2D eigenvalue weighted by molar-refractivity contribution is 0.610. The van der Waals surface area contributed by atoms with Gasteiger partial charge in [-0.15, -0.1) is 11.8 Å². The quantitative estimate of drug-likeness (QED) is 0.450. The van der Waals surface area contributed by atoms with E-state index in [1.165, 1.54) is 12.2 Å². The van der Waals surface area contributed by atoms with Crippen LogP contribution in [-0.4, -0.2) is 8.42 Å².